The van der Waals surface area contributed by atoms with Gasteiger partial charge in [0, 0.05) is 30.4 Å². The maximum absolute atomic E-state index is 12.6. The lowest BCUT2D eigenvalue weighted by molar-refractivity contribution is -0.384. The number of hydrazone groups is 1. The van der Waals surface area contributed by atoms with Gasteiger partial charge < -0.3 is 10.1 Å². The second-order valence-electron chi connectivity index (χ2n) is 6.33. The zero-order valence-corrected chi connectivity index (χ0v) is 18.4. The normalized spacial score (nSPS) is 15.0. The largest absolute Gasteiger partial charge is 0.379 e. The van der Waals surface area contributed by atoms with E-state index in [-0.39, 0.29) is 20.7 Å². The second kappa shape index (κ2) is 10.1. The molecule has 2 aromatic carbocycles. The van der Waals surface area contributed by atoms with Gasteiger partial charge in [0.05, 0.1) is 29.2 Å². The van der Waals surface area contributed by atoms with Crippen LogP contribution in [0, 0.1) is 10.1 Å². The van der Waals surface area contributed by atoms with E-state index in [1.807, 2.05) is 0 Å². The molecule has 2 N–H and O–H groups in total. The number of hydrogen-bond donors (Lipinski definition) is 2. The van der Waals surface area contributed by atoms with Gasteiger partial charge in [0.25, 0.3) is 5.69 Å². The first-order chi connectivity index (χ1) is 14.8. The van der Waals surface area contributed by atoms with Gasteiger partial charge in [-0.3, -0.25) is 15.5 Å². The molecule has 10 nitrogen and oxygen atoms in total. The van der Waals surface area contributed by atoms with E-state index in [1.165, 1.54) is 34.8 Å². The lowest BCUT2D eigenvalue weighted by atomic mass is 10.2. The molecular weight excluding hydrogens is 466 g/mol. The smallest absolute Gasteiger partial charge is 0.288 e. The van der Waals surface area contributed by atoms with Crippen LogP contribution in [0.3, 0.4) is 0 Å². The van der Waals surface area contributed by atoms with E-state index < -0.39 is 14.9 Å². The Bertz CT molecular complexity index is 1100. The van der Waals surface area contributed by atoms with E-state index in [0.717, 1.165) is 0 Å². The number of nitro groups is 1. The van der Waals surface area contributed by atoms with Gasteiger partial charge in [0.15, 0.2) is 5.11 Å². The van der Waals surface area contributed by atoms with Crippen LogP contribution in [0.5, 0.6) is 0 Å². The summed E-state index contributed by atoms with van der Waals surface area (Å²) in [5.74, 6) is 0. The molecule has 1 saturated heterocycles. The summed E-state index contributed by atoms with van der Waals surface area (Å²) < 4.78 is 31.8. The Hall–Kier alpha value is -2.64. The van der Waals surface area contributed by atoms with Crippen LogP contribution < -0.4 is 10.7 Å². The van der Waals surface area contributed by atoms with Crippen molar-refractivity contribution in [2.45, 2.75) is 4.90 Å². The minimum Gasteiger partial charge on any atom is -0.379 e. The Morgan fingerprint density at radius 1 is 1.23 bits per heavy atom. The zero-order valence-electron chi connectivity index (χ0n) is 16.0. The molecule has 164 valence electrons. The molecule has 3 rings (SSSR count). The van der Waals surface area contributed by atoms with Gasteiger partial charge in [-0.2, -0.15) is 9.41 Å². The van der Waals surface area contributed by atoms with Gasteiger partial charge >= 0.3 is 0 Å². The van der Waals surface area contributed by atoms with Crippen molar-refractivity contribution in [1.82, 2.24) is 9.73 Å². The Morgan fingerprint density at radius 3 is 2.55 bits per heavy atom. The predicted molar refractivity (Wildman–Crippen MR) is 121 cm³/mol. The maximum atomic E-state index is 12.6. The molecule has 13 heteroatoms. The fraction of sp³-hybridized carbons (Fsp3) is 0.222. The van der Waals surface area contributed by atoms with Crippen molar-refractivity contribution >= 4 is 56.5 Å². The zero-order chi connectivity index (χ0) is 22.4. The first kappa shape index (κ1) is 23.0. The van der Waals surface area contributed by atoms with Crippen molar-refractivity contribution in [2.75, 3.05) is 31.6 Å². The summed E-state index contributed by atoms with van der Waals surface area (Å²) in [4.78, 5) is 10.5. The number of halogens is 1. The third kappa shape index (κ3) is 5.95. The molecule has 0 amide bonds. The first-order valence-corrected chi connectivity index (χ1v) is 11.2. The Kier molecular flexibility index (Phi) is 7.51. The molecule has 0 atom stereocenters. The van der Waals surface area contributed by atoms with Crippen LogP contribution in [0.4, 0.5) is 11.4 Å². The van der Waals surface area contributed by atoms with E-state index in [2.05, 4.69) is 15.8 Å². The van der Waals surface area contributed by atoms with Crippen molar-refractivity contribution in [2.24, 2.45) is 5.10 Å². The Morgan fingerprint density at radius 2 is 1.90 bits per heavy atom. The molecule has 0 unspecified atom stereocenters. The van der Waals surface area contributed by atoms with E-state index in [0.29, 0.717) is 37.6 Å². The Balaban J connectivity index is 1.58. The third-order valence-electron chi connectivity index (χ3n) is 4.27. The van der Waals surface area contributed by atoms with Crippen LogP contribution in [0.15, 0.2) is 52.5 Å². The summed E-state index contributed by atoms with van der Waals surface area (Å²) in [7, 11) is -3.57. The topological polar surface area (TPSA) is 126 Å². The van der Waals surface area contributed by atoms with Crippen LogP contribution in [-0.4, -0.2) is 55.3 Å². The van der Waals surface area contributed by atoms with Gasteiger partial charge in [0.2, 0.25) is 10.0 Å². The number of thiocarbonyl (C=S) groups is 1. The van der Waals surface area contributed by atoms with Gasteiger partial charge in [-0.1, -0.05) is 17.7 Å². The summed E-state index contributed by atoms with van der Waals surface area (Å²) in [5, 5.41) is 17.9. The van der Waals surface area contributed by atoms with E-state index >= 15 is 0 Å². The van der Waals surface area contributed by atoms with Crippen LogP contribution in [0.25, 0.3) is 0 Å². The number of rotatable bonds is 6. The minimum atomic E-state index is -3.57. The van der Waals surface area contributed by atoms with Crippen molar-refractivity contribution in [3.63, 3.8) is 0 Å². The Labute approximate surface area is 189 Å². The lowest BCUT2D eigenvalue weighted by Gasteiger charge is -2.26. The molecular formula is C18H18ClN5O5S2. The van der Waals surface area contributed by atoms with E-state index in [9.17, 15) is 18.5 Å². The van der Waals surface area contributed by atoms with E-state index in [1.54, 1.807) is 18.2 Å². The minimum absolute atomic E-state index is 0.0337. The molecule has 0 saturated carbocycles. The number of anilines is 1. The number of hydrogen-bond acceptors (Lipinski definition) is 7. The summed E-state index contributed by atoms with van der Waals surface area (Å²) in [6.07, 6.45) is 1.36. The highest BCUT2D eigenvalue weighted by Crippen LogP contribution is 2.24. The van der Waals surface area contributed by atoms with Crippen molar-refractivity contribution in [3.05, 3.63) is 63.2 Å². The number of sulfonamides is 1. The van der Waals surface area contributed by atoms with Gasteiger partial charge in [-0.05, 0) is 42.5 Å². The highest BCUT2D eigenvalue weighted by molar-refractivity contribution is 7.89. The summed E-state index contributed by atoms with van der Waals surface area (Å²) in [5.41, 5.74) is 3.39. The number of morpholine rings is 1. The number of ether oxygens (including phenoxy) is 1. The molecule has 0 aliphatic carbocycles. The molecule has 0 bridgehead atoms. The predicted octanol–water partition coefficient (Wildman–Crippen LogP) is 2.59. The standard InChI is InChI=1S/C18H18ClN5O5S2/c19-16-6-1-13(11-17(16)24(25)26)12-20-22-18(30)21-14-2-4-15(5-3-14)31(27,28)23-7-9-29-10-8-23/h1-6,11-12H,7-10H2,(H2,21,22,30)/b20-12-. The average Bonchev–Trinajstić information content (AvgIpc) is 2.75. The van der Waals surface area contributed by atoms with Gasteiger partial charge in [-0.15, -0.1) is 0 Å². The highest BCUT2D eigenvalue weighted by atomic mass is 35.5. The highest BCUT2D eigenvalue weighted by Gasteiger charge is 2.26. The quantitative estimate of drug-likeness (QED) is 0.278. The van der Waals surface area contributed by atoms with Crippen molar-refractivity contribution < 1.29 is 18.1 Å². The summed E-state index contributed by atoms with van der Waals surface area (Å²) >= 11 is 10.9. The first-order valence-electron chi connectivity index (χ1n) is 8.99. The average molecular weight is 484 g/mol. The number of nitrogens with zero attached hydrogens (tertiary/aromatic N) is 3. The molecule has 2 aromatic rings. The molecule has 0 spiro atoms. The van der Waals surface area contributed by atoms with Gasteiger partial charge in [0.1, 0.15) is 5.02 Å². The lowest BCUT2D eigenvalue weighted by Crippen LogP contribution is -2.40. The fourth-order valence-electron chi connectivity index (χ4n) is 2.72. The SMILES string of the molecule is O=[N+]([O-])c1cc(/C=N\NC(=S)Nc2ccc(S(=O)(=O)N3CCOCC3)cc2)ccc1Cl. The van der Waals surface area contributed by atoms with E-state index in [4.69, 9.17) is 28.6 Å². The summed E-state index contributed by atoms with van der Waals surface area (Å²) in [6, 6.07) is 10.4. The van der Waals surface area contributed by atoms with Crippen LogP contribution >= 0.6 is 23.8 Å². The van der Waals surface area contributed by atoms with Crippen LogP contribution in [0.2, 0.25) is 5.02 Å². The van der Waals surface area contributed by atoms with Crippen LogP contribution in [-0.2, 0) is 14.8 Å². The number of nitro benzene ring substituents is 1. The monoisotopic (exact) mass is 483 g/mol. The van der Waals surface area contributed by atoms with Gasteiger partial charge in [-0.25, -0.2) is 8.42 Å². The summed E-state index contributed by atoms with van der Waals surface area (Å²) in [6.45, 7) is 1.40. The number of nitrogens with one attached hydrogen (secondary N) is 2. The molecule has 0 radical (unpaired) electrons. The number of benzene rings is 2. The molecule has 1 heterocycles. The molecule has 31 heavy (non-hydrogen) atoms. The third-order valence-corrected chi connectivity index (χ3v) is 6.69. The van der Waals surface area contributed by atoms with Crippen molar-refractivity contribution in [1.29, 1.82) is 0 Å². The molecule has 0 aromatic heterocycles. The molecule has 1 fully saturated rings. The van der Waals surface area contributed by atoms with Crippen LogP contribution in [0.1, 0.15) is 5.56 Å². The van der Waals surface area contributed by atoms with Crippen molar-refractivity contribution in [3.8, 4) is 0 Å². The molecule has 1 aliphatic rings. The second-order valence-corrected chi connectivity index (χ2v) is 9.09. The molecule has 1 aliphatic heterocycles. The fourth-order valence-corrected chi connectivity index (χ4v) is 4.49. The maximum Gasteiger partial charge on any atom is 0.288 e.